The van der Waals surface area contributed by atoms with Crippen LogP contribution in [0.3, 0.4) is 0 Å². The molecule has 1 aromatic carbocycles. The minimum Gasteiger partial charge on any atom is -0.494 e. The van der Waals surface area contributed by atoms with Gasteiger partial charge in [-0.2, -0.15) is 5.01 Å². The molecule has 8 nitrogen and oxygen atoms in total. The Hall–Kier alpha value is -2.77. The van der Waals surface area contributed by atoms with E-state index in [0.717, 1.165) is 30.0 Å². The fourth-order valence-corrected chi connectivity index (χ4v) is 3.62. The normalized spacial score (nSPS) is 18.1. The SMILES string of the molecule is CCOc1ccc(OCCCC(=O)NN2C(=O)NC3(CCCCC3)C2=O)cc1. The van der Waals surface area contributed by atoms with Gasteiger partial charge in [-0.05, 0) is 50.5 Å². The van der Waals surface area contributed by atoms with Crippen molar-refractivity contribution < 1.29 is 23.9 Å². The summed E-state index contributed by atoms with van der Waals surface area (Å²) < 4.78 is 11.0. The summed E-state index contributed by atoms with van der Waals surface area (Å²) in [5, 5.41) is 3.60. The van der Waals surface area contributed by atoms with Gasteiger partial charge >= 0.3 is 6.03 Å². The molecule has 8 heteroatoms. The molecular formula is C20H27N3O5. The van der Waals surface area contributed by atoms with Crippen LogP contribution in [-0.2, 0) is 9.59 Å². The maximum Gasteiger partial charge on any atom is 0.344 e. The van der Waals surface area contributed by atoms with Gasteiger partial charge in [0.25, 0.3) is 5.91 Å². The van der Waals surface area contributed by atoms with Crippen molar-refractivity contribution in [1.82, 2.24) is 15.8 Å². The van der Waals surface area contributed by atoms with Crippen LogP contribution in [0, 0.1) is 0 Å². The topological polar surface area (TPSA) is 97.0 Å². The van der Waals surface area contributed by atoms with Gasteiger partial charge in [-0.25, -0.2) is 4.79 Å². The second-order valence-electron chi connectivity index (χ2n) is 7.10. The molecule has 3 rings (SSSR count). The molecule has 0 atom stereocenters. The Labute approximate surface area is 164 Å². The maximum absolute atomic E-state index is 12.6. The van der Waals surface area contributed by atoms with E-state index in [1.54, 1.807) is 0 Å². The van der Waals surface area contributed by atoms with Crippen LogP contribution in [0.5, 0.6) is 11.5 Å². The Bertz CT molecular complexity index is 713. The molecule has 2 N–H and O–H groups in total. The third kappa shape index (κ3) is 4.55. The van der Waals surface area contributed by atoms with E-state index in [9.17, 15) is 14.4 Å². The van der Waals surface area contributed by atoms with E-state index in [1.165, 1.54) is 0 Å². The van der Waals surface area contributed by atoms with Gasteiger partial charge < -0.3 is 14.8 Å². The Morgan fingerprint density at radius 1 is 1.11 bits per heavy atom. The number of nitrogens with zero attached hydrogens (tertiary/aromatic N) is 1. The van der Waals surface area contributed by atoms with Crippen molar-refractivity contribution >= 4 is 17.8 Å². The van der Waals surface area contributed by atoms with Crippen molar-refractivity contribution in [3.05, 3.63) is 24.3 Å². The van der Waals surface area contributed by atoms with Gasteiger partial charge in [-0.15, -0.1) is 0 Å². The molecule has 2 aliphatic rings. The third-order valence-corrected chi connectivity index (χ3v) is 5.06. The van der Waals surface area contributed by atoms with Gasteiger partial charge in [0.15, 0.2) is 0 Å². The smallest absolute Gasteiger partial charge is 0.344 e. The van der Waals surface area contributed by atoms with Crippen molar-refractivity contribution in [2.75, 3.05) is 13.2 Å². The van der Waals surface area contributed by atoms with Crippen LogP contribution < -0.4 is 20.2 Å². The standard InChI is InChI=1S/C20H27N3O5/c1-2-27-15-8-10-16(11-9-15)28-14-6-7-17(24)22-23-18(25)20(21-19(23)26)12-4-3-5-13-20/h8-11H,2-7,12-14H2,1H3,(H,21,26)(H,22,24). The van der Waals surface area contributed by atoms with Crippen molar-refractivity contribution in [3.63, 3.8) is 0 Å². The van der Waals surface area contributed by atoms with Crippen molar-refractivity contribution in [1.29, 1.82) is 0 Å². The fraction of sp³-hybridized carbons (Fsp3) is 0.550. The number of carbonyl (C=O) groups excluding carboxylic acids is 3. The lowest BCUT2D eigenvalue weighted by Gasteiger charge is -2.30. The number of hydrazine groups is 1. The van der Waals surface area contributed by atoms with Gasteiger partial charge in [0, 0.05) is 6.42 Å². The van der Waals surface area contributed by atoms with Gasteiger partial charge in [0.1, 0.15) is 17.0 Å². The van der Waals surface area contributed by atoms with Gasteiger partial charge in [0.2, 0.25) is 5.91 Å². The van der Waals surface area contributed by atoms with Crippen LogP contribution >= 0.6 is 0 Å². The Morgan fingerprint density at radius 2 is 1.75 bits per heavy atom. The lowest BCUT2D eigenvalue weighted by molar-refractivity contribution is -0.140. The monoisotopic (exact) mass is 389 g/mol. The average Bonchev–Trinajstić information content (AvgIpc) is 2.91. The molecule has 1 heterocycles. The van der Waals surface area contributed by atoms with Crippen LogP contribution in [0.25, 0.3) is 0 Å². The lowest BCUT2D eigenvalue weighted by Crippen LogP contribution is -2.50. The average molecular weight is 389 g/mol. The molecule has 1 aromatic rings. The van der Waals surface area contributed by atoms with E-state index in [0.29, 0.717) is 38.2 Å². The molecule has 0 bridgehead atoms. The second-order valence-corrected chi connectivity index (χ2v) is 7.10. The van der Waals surface area contributed by atoms with Crippen LogP contribution in [0.2, 0.25) is 0 Å². The summed E-state index contributed by atoms with van der Waals surface area (Å²) in [7, 11) is 0. The molecule has 152 valence electrons. The molecule has 1 aliphatic carbocycles. The highest BCUT2D eigenvalue weighted by Crippen LogP contribution is 2.33. The predicted octanol–water partition coefficient (Wildman–Crippen LogP) is 2.53. The predicted molar refractivity (Wildman–Crippen MR) is 102 cm³/mol. The number of imide groups is 1. The molecule has 1 saturated carbocycles. The Morgan fingerprint density at radius 3 is 2.39 bits per heavy atom. The van der Waals surface area contributed by atoms with E-state index in [4.69, 9.17) is 9.47 Å². The molecule has 0 aromatic heterocycles. The minimum atomic E-state index is -0.834. The molecule has 1 spiro atoms. The summed E-state index contributed by atoms with van der Waals surface area (Å²) in [4.78, 5) is 36.9. The number of amides is 4. The molecule has 0 radical (unpaired) electrons. The highest BCUT2D eigenvalue weighted by atomic mass is 16.5. The fourth-order valence-electron chi connectivity index (χ4n) is 3.62. The molecule has 4 amide bonds. The quantitative estimate of drug-likeness (QED) is 0.526. The first-order valence-corrected chi connectivity index (χ1v) is 9.86. The zero-order valence-electron chi connectivity index (χ0n) is 16.2. The molecule has 1 aliphatic heterocycles. The second kappa shape index (κ2) is 8.95. The Balaban J connectivity index is 1.40. The van der Waals surface area contributed by atoms with Crippen molar-refractivity contribution in [3.8, 4) is 11.5 Å². The molecule has 28 heavy (non-hydrogen) atoms. The van der Waals surface area contributed by atoms with Crippen molar-refractivity contribution in [2.45, 2.75) is 57.4 Å². The van der Waals surface area contributed by atoms with Gasteiger partial charge in [-0.3, -0.25) is 15.0 Å². The molecular weight excluding hydrogens is 362 g/mol. The first-order valence-electron chi connectivity index (χ1n) is 9.86. The summed E-state index contributed by atoms with van der Waals surface area (Å²) in [6.45, 7) is 2.88. The van der Waals surface area contributed by atoms with Crippen LogP contribution in [0.4, 0.5) is 4.79 Å². The first kappa shape index (κ1) is 20.0. The minimum absolute atomic E-state index is 0.154. The summed E-state index contributed by atoms with van der Waals surface area (Å²) in [6.07, 6.45) is 4.73. The maximum atomic E-state index is 12.6. The van der Waals surface area contributed by atoms with Crippen LogP contribution in [-0.4, -0.2) is 41.6 Å². The number of urea groups is 1. The highest BCUT2D eigenvalue weighted by Gasteiger charge is 2.52. The molecule has 0 unspecified atom stereocenters. The third-order valence-electron chi connectivity index (χ3n) is 5.06. The number of benzene rings is 1. The summed E-state index contributed by atoms with van der Waals surface area (Å²) >= 11 is 0. The van der Waals surface area contributed by atoms with Crippen molar-refractivity contribution in [2.24, 2.45) is 0 Å². The summed E-state index contributed by atoms with van der Waals surface area (Å²) in [6, 6.07) is 6.71. The van der Waals surface area contributed by atoms with E-state index in [-0.39, 0.29) is 18.2 Å². The number of rotatable bonds is 8. The number of ether oxygens (including phenoxy) is 2. The Kier molecular flexibility index (Phi) is 6.38. The first-order chi connectivity index (χ1) is 13.5. The number of hydrogen-bond donors (Lipinski definition) is 2. The van der Waals surface area contributed by atoms with E-state index < -0.39 is 11.6 Å². The number of nitrogens with one attached hydrogen (secondary N) is 2. The van der Waals surface area contributed by atoms with Crippen LogP contribution in [0.1, 0.15) is 51.9 Å². The summed E-state index contributed by atoms with van der Waals surface area (Å²) in [5.41, 5.74) is 1.60. The van der Waals surface area contributed by atoms with Gasteiger partial charge in [-0.1, -0.05) is 19.3 Å². The van der Waals surface area contributed by atoms with Gasteiger partial charge in [0.05, 0.1) is 13.2 Å². The van der Waals surface area contributed by atoms with E-state index >= 15 is 0 Å². The largest absolute Gasteiger partial charge is 0.494 e. The summed E-state index contributed by atoms with van der Waals surface area (Å²) in [5.74, 6) is 0.735. The molecule has 1 saturated heterocycles. The lowest BCUT2D eigenvalue weighted by atomic mass is 9.82. The zero-order chi connectivity index (χ0) is 20.0. The zero-order valence-corrected chi connectivity index (χ0v) is 16.2. The van der Waals surface area contributed by atoms with E-state index in [1.807, 2.05) is 31.2 Å². The molecule has 2 fully saturated rings. The van der Waals surface area contributed by atoms with Crippen LogP contribution in [0.15, 0.2) is 24.3 Å². The highest BCUT2D eigenvalue weighted by molar-refractivity contribution is 6.07. The van der Waals surface area contributed by atoms with E-state index in [2.05, 4.69) is 10.7 Å². The number of carbonyl (C=O) groups is 3. The number of hydrogen-bond acceptors (Lipinski definition) is 5.